The third kappa shape index (κ3) is 3.91. The van der Waals surface area contributed by atoms with E-state index in [1.165, 1.54) is 0 Å². The van der Waals surface area contributed by atoms with Crippen molar-refractivity contribution in [3.05, 3.63) is 77.1 Å². The molecular weight excluding hydrogens is 314 g/mol. The molecule has 1 aliphatic carbocycles. The fourth-order valence-corrected chi connectivity index (χ4v) is 2.90. The summed E-state index contributed by atoms with van der Waals surface area (Å²) in [5, 5.41) is 9.59. The number of pyridine rings is 1. The second-order valence-corrected chi connectivity index (χ2v) is 6.11. The van der Waals surface area contributed by atoms with Gasteiger partial charge in [0.15, 0.2) is 11.6 Å². The van der Waals surface area contributed by atoms with E-state index in [-0.39, 0.29) is 35.7 Å². The molecule has 4 heteroatoms. The molecule has 0 amide bonds. The Morgan fingerprint density at radius 3 is 2.72 bits per heavy atom. The van der Waals surface area contributed by atoms with E-state index >= 15 is 0 Å². The SMILES string of the molecule is Cc1ccc(O)cc1CCC(=O)C1=CC(c2ccncc2)=CCC1=O. The van der Waals surface area contributed by atoms with Gasteiger partial charge in [0, 0.05) is 25.2 Å². The molecule has 0 bridgehead atoms. The van der Waals surface area contributed by atoms with Crippen LogP contribution in [0.5, 0.6) is 5.75 Å². The van der Waals surface area contributed by atoms with Crippen LogP contribution in [-0.4, -0.2) is 21.7 Å². The van der Waals surface area contributed by atoms with Crippen LogP contribution in [0, 0.1) is 6.92 Å². The molecule has 0 aliphatic heterocycles. The minimum absolute atomic E-state index is 0.143. The van der Waals surface area contributed by atoms with Crippen molar-refractivity contribution in [3.8, 4) is 5.75 Å². The molecule has 1 N–H and O–H groups in total. The van der Waals surface area contributed by atoms with E-state index < -0.39 is 0 Å². The molecule has 1 aromatic heterocycles. The van der Waals surface area contributed by atoms with Gasteiger partial charge in [-0.3, -0.25) is 14.6 Å². The number of carbonyl (C=O) groups excluding carboxylic acids is 2. The molecule has 0 saturated heterocycles. The van der Waals surface area contributed by atoms with E-state index in [9.17, 15) is 14.7 Å². The lowest BCUT2D eigenvalue weighted by atomic mass is 9.90. The molecule has 2 aromatic rings. The largest absolute Gasteiger partial charge is 0.508 e. The van der Waals surface area contributed by atoms with Crippen LogP contribution in [-0.2, 0) is 16.0 Å². The number of nitrogens with zero attached hydrogens (tertiary/aromatic N) is 1. The second kappa shape index (κ2) is 7.26. The number of hydrogen-bond donors (Lipinski definition) is 1. The van der Waals surface area contributed by atoms with Gasteiger partial charge in [-0.25, -0.2) is 0 Å². The molecule has 0 atom stereocenters. The van der Waals surface area contributed by atoms with E-state index in [0.717, 1.165) is 22.3 Å². The Balaban J connectivity index is 1.76. The second-order valence-electron chi connectivity index (χ2n) is 6.11. The number of aryl methyl sites for hydroxylation is 2. The molecule has 126 valence electrons. The molecule has 25 heavy (non-hydrogen) atoms. The van der Waals surface area contributed by atoms with Crippen molar-refractivity contribution in [1.82, 2.24) is 4.98 Å². The summed E-state index contributed by atoms with van der Waals surface area (Å²) in [6, 6.07) is 8.83. The molecule has 1 heterocycles. The summed E-state index contributed by atoms with van der Waals surface area (Å²) in [4.78, 5) is 28.7. The molecule has 3 rings (SSSR count). The average molecular weight is 333 g/mol. The Morgan fingerprint density at radius 2 is 1.96 bits per heavy atom. The van der Waals surface area contributed by atoms with Crippen LogP contribution in [0.2, 0.25) is 0 Å². The molecule has 1 aliphatic rings. The molecular formula is C21H19NO3. The average Bonchev–Trinajstić information content (AvgIpc) is 2.63. The van der Waals surface area contributed by atoms with E-state index in [2.05, 4.69) is 4.98 Å². The maximum atomic E-state index is 12.6. The Kier molecular flexibility index (Phi) is 4.89. The normalized spacial score (nSPS) is 14.0. The summed E-state index contributed by atoms with van der Waals surface area (Å²) in [7, 11) is 0. The van der Waals surface area contributed by atoms with Gasteiger partial charge in [0.25, 0.3) is 0 Å². The van der Waals surface area contributed by atoms with E-state index in [1.54, 1.807) is 30.6 Å². The highest BCUT2D eigenvalue weighted by Crippen LogP contribution is 2.25. The van der Waals surface area contributed by atoms with Crippen molar-refractivity contribution in [2.24, 2.45) is 0 Å². The van der Waals surface area contributed by atoms with Gasteiger partial charge in [0.05, 0.1) is 5.57 Å². The number of rotatable bonds is 5. The van der Waals surface area contributed by atoms with Crippen molar-refractivity contribution in [3.63, 3.8) is 0 Å². The summed E-state index contributed by atoms with van der Waals surface area (Å²) < 4.78 is 0. The standard InChI is InChI=1S/C21H19NO3/c1-14-2-5-18(23)12-16(14)3-6-20(24)19-13-17(4-7-21(19)25)15-8-10-22-11-9-15/h2,4-5,8-13,23H,3,6-7H2,1H3. The van der Waals surface area contributed by atoms with Crippen LogP contribution in [0.4, 0.5) is 0 Å². The highest BCUT2D eigenvalue weighted by molar-refractivity contribution is 6.23. The Morgan fingerprint density at radius 1 is 1.20 bits per heavy atom. The molecule has 0 saturated carbocycles. The van der Waals surface area contributed by atoms with Gasteiger partial charge in [0.1, 0.15) is 5.75 Å². The first-order chi connectivity index (χ1) is 12.0. The number of hydrogen-bond acceptors (Lipinski definition) is 4. The van der Waals surface area contributed by atoms with Crippen LogP contribution in [0.25, 0.3) is 5.57 Å². The first kappa shape index (κ1) is 16.8. The smallest absolute Gasteiger partial charge is 0.170 e. The van der Waals surface area contributed by atoms with E-state index in [0.29, 0.717) is 6.42 Å². The number of carbonyl (C=O) groups is 2. The highest BCUT2D eigenvalue weighted by atomic mass is 16.3. The maximum absolute atomic E-state index is 12.6. The predicted octanol–water partition coefficient (Wildman–Crippen LogP) is 3.58. The van der Waals surface area contributed by atoms with Gasteiger partial charge in [-0.1, -0.05) is 12.1 Å². The van der Waals surface area contributed by atoms with E-state index in [1.807, 2.05) is 31.2 Å². The molecule has 0 unspecified atom stereocenters. The maximum Gasteiger partial charge on any atom is 0.170 e. The quantitative estimate of drug-likeness (QED) is 0.849. The van der Waals surface area contributed by atoms with Crippen LogP contribution >= 0.6 is 0 Å². The monoisotopic (exact) mass is 333 g/mol. The number of ketones is 2. The molecule has 0 spiro atoms. The van der Waals surface area contributed by atoms with Crippen molar-refractivity contribution in [2.75, 3.05) is 0 Å². The molecule has 4 nitrogen and oxygen atoms in total. The summed E-state index contributed by atoms with van der Waals surface area (Å²) >= 11 is 0. The number of benzene rings is 1. The minimum Gasteiger partial charge on any atom is -0.508 e. The third-order valence-corrected chi connectivity index (χ3v) is 4.38. The first-order valence-corrected chi connectivity index (χ1v) is 8.22. The number of allylic oxidation sites excluding steroid dienone is 4. The van der Waals surface area contributed by atoms with Gasteiger partial charge in [-0.2, -0.15) is 0 Å². The zero-order valence-corrected chi connectivity index (χ0v) is 14.0. The summed E-state index contributed by atoms with van der Waals surface area (Å²) in [5.74, 6) is -0.119. The molecule has 0 radical (unpaired) electrons. The lowest BCUT2D eigenvalue weighted by Crippen LogP contribution is -2.16. The van der Waals surface area contributed by atoms with Gasteiger partial charge in [-0.15, -0.1) is 0 Å². The molecule has 0 fully saturated rings. The van der Waals surface area contributed by atoms with Crippen LogP contribution in [0.15, 0.2) is 60.5 Å². The number of phenols is 1. The first-order valence-electron chi connectivity index (χ1n) is 8.22. The van der Waals surface area contributed by atoms with Gasteiger partial charge < -0.3 is 5.11 Å². The Labute approximate surface area is 146 Å². The van der Waals surface area contributed by atoms with Crippen molar-refractivity contribution in [1.29, 1.82) is 0 Å². The summed E-state index contributed by atoms with van der Waals surface area (Å²) in [6.07, 6.45) is 7.87. The number of phenolic OH excluding ortho intramolecular Hbond substituents is 1. The van der Waals surface area contributed by atoms with E-state index in [4.69, 9.17) is 0 Å². The van der Waals surface area contributed by atoms with Crippen molar-refractivity contribution < 1.29 is 14.7 Å². The molecule has 1 aromatic carbocycles. The van der Waals surface area contributed by atoms with Gasteiger partial charge in [0.2, 0.25) is 0 Å². The summed E-state index contributed by atoms with van der Waals surface area (Å²) in [5.41, 5.74) is 4.01. The Bertz CT molecular complexity index is 879. The Hall–Kier alpha value is -3.01. The third-order valence-electron chi connectivity index (χ3n) is 4.38. The van der Waals surface area contributed by atoms with Gasteiger partial charge in [-0.05, 0) is 65.9 Å². The van der Waals surface area contributed by atoms with Crippen molar-refractivity contribution in [2.45, 2.75) is 26.2 Å². The lowest BCUT2D eigenvalue weighted by molar-refractivity contribution is -0.121. The van der Waals surface area contributed by atoms with Crippen LogP contribution < -0.4 is 0 Å². The zero-order chi connectivity index (χ0) is 17.8. The van der Waals surface area contributed by atoms with Crippen LogP contribution in [0.3, 0.4) is 0 Å². The minimum atomic E-state index is -0.160. The highest BCUT2D eigenvalue weighted by Gasteiger charge is 2.21. The van der Waals surface area contributed by atoms with Crippen LogP contribution in [0.1, 0.15) is 29.5 Å². The van der Waals surface area contributed by atoms with Gasteiger partial charge >= 0.3 is 0 Å². The number of aromatic nitrogens is 1. The fraction of sp³-hybridized carbons (Fsp3) is 0.190. The fourth-order valence-electron chi connectivity index (χ4n) is 2.90. The lowest BCUT2D eigenvalue weighted by Gasteiger charge is -2.13. The predicted molar refractivity (Wildman–Crippen MR) is 96.1 cm³/mol. The zero-order valence-electron chi connectivity index (χ0n) is 14.0. The topological polar surface area (TPSA) is 67.3 Å². The number of aromatic hydroxyl groups is 1. The number of Topliss-reactive ketones (excluding diaryl/α,β-unsaturated/α-hetero) is 2. The summed E-state index contributed by atoms with van der Waals surface area (Å²) in [6.45, 7) is 1.94. The van der Waals surface area contributed by atoms with Crippen molar-refractivity contribution >= 4 is 17.1 Å².